The van der Waals surface area contributed by atoms with Gasteiger partial charge in [-0.25, -0.2) is 4.79 Å². The Balaban J connectivity index is 1.79. The first-order chi connectivity index (χ1) is 11.0. The normalized spacial score (nSPS) is 24.0. The van der Waals surface area contributed by atoms with Crippen LogP contribution in [0.1, 0.15) is 5.56 Å². The number of aromatic amines is 1. The molecule has 124 valence electrons. The van der Waals surface area contributed by atoms with Gasteiger partial charge in [-0.1, -0.05) is 0 Å². The maximum Gasteiger partial charge on any atom is 0.328 e. The third-order valence-corrected chi connectivity index (χ3v) is 4.19. The molecule has 1 aromatic rings. The number of aromatic nitrogens is 2. The summed E-state index contributed by atoms with van der Waals surface area (Å²) < 4.78 is 6.34. The molecule has 9 heteroatoms. The van der Waals surface area contributed by atoms with Crippen LogP contribution in [0.3, 0.4) is 0 Å². The molecule has 3 rings (SSSR count). The predicted molar refractivity (Wildman–Crippen MR) is 78.8 cm³/mol. The fourth-order valence-corrected chi connectivity index (χ4v) is 2.85. The summed E-state index contributed by atoms with van der Waals surface area (Å²) in [5.74, 6) is -0.754. The first-order valence-electron chi connectivity index (χ1n) is 7.39. The van der Waals surface area contributed by atoms with Gasteiger partial charge in [0.05, 0.1) is 31.6 Å². The van der Waals surface area contributed by atoms with Crippen LogP contribution in [-0.4, -0.2) is 58.6 Å². The first kappa shape index (κ1) is 15.5. The van der Waals surface area contributed by atoms with E-state index in [9.17, 15) is 19.2 Å². The molecule has 0 spiro atoms. The Labute approximate surface area is 131 Å². The lowest BCUT2D eigenvalue weighted by molar-refractivity contribution is -0.133. The van der Waals surface area contributed by atoms with E-state index in [-0.39, 0.29) is 43.0 Å². The Morgan fingerprint density at radius 1 is 1.30 bits per heavy atom. The summed E-state index contributed by atoms with van der Waals surface area (Å²) >= 11 is 0. The molecule has 0 aromatic carbocycles. The van der Waals surface area contributed by atoms with E-state index in [0.717, 1.165) is 4.57 Å². The van der Waals surface area contributed by atoms with Crippen LogP contribution in [0, 0.1) is 5.92 Å². The Morgan fingerprint density at radius 2 is 2.09 bits per heavy atom. The fraction of sp³-hybridized carbons (Fsp3) is 0.571. The lowest BCUT2D eigenvalue weighted by Gasteiger charge is -2.27. The van der Waals surface area contributed by atoms with Gasteiger partial charge >= 0.3 is 5.69 Å². The molecule has 2 atom stereocenters. The van der Waals surface area contributed by atoms with Crippen molar-refractivity contribution in [2.24, 2.45) is 13.0 Å². The molecule has 2 aliphatic rings. The third-order valence-electron chi connectivity index (χ3n) is 4.19. The highest BCUT2D eigenvalue weighted by Gasteiger charge is 2.35. The Bertz CT molecular complexity index is 752. The van der Waals surface area contributed by atoms with Crippen molar-refractivity contribution >= 4 is 11.8 Å². The SMILES string of the molecule is Cn1c(=O)[nH]cc(CC(=O)N2C[C@H]3COC[C@@H](C2)C(=O)N3)c1=O. The van der Waals surface area contributed by atoms with Gasteiger partial charge in [0.15, 0.2) is 0 Å². The smallest absolute Gasteiger partial charge is 0.328 e. The molecule has 1 aromatic heterocycles. The van der Waals surface area contributed by atoms with Crippen molar-refractivity contribution in [2.75, 3.05) is 26.3 Å². The standard InChI is InChI=1S/C14H18N4O5/c1-17-13(21)8(3-15-14(17)22)2-11(19)18-4-9-6-23-7-10(5-18)16-12(9)20/h3,9-10H,2,4-7H2,1H3,(H,15,22)(H,16,20)/t9-,10+/m1/s1. The summed E-state index contributed by atoms with van der Waals surface area (Å²) in [6.07, 6.45) is 1.16. The number of nitrogens with one attached hydrogen (secondary N) is 2. The van der Waals surface area contributed by atoms with E-state index in [1.165, 1.54) is 13.2 Å². The molecular formula is C14H18N4O5. The number of hydrogen-bond acceptors (Lipinski definition) is 5. The van der Waals surface area contributed by atoms with Crippen molar-refractivity contribution in [2.45, 2.75) is 12.5 Å². The van der Waals surface area contributed by atoms with E-state index in [4.69, 9.17) is 4.74 Å². The summed E-state index contributed by atoms with van der Waals surface area (Å²) in [6, 6.07) is -0.239. The topological polar surface area (TPSA) is 114 Å². The summed E-state index contributed by atoms with van der Waals surface area (Å²) in [6.45, 7) is 1.27. The zero-order chi connectivity index (χ0) is 16.6. The first-order valence-corrected chi connectivity index (χ1v) is 7.39. The van der Waals surface area contributed by atoms with Crippen LogP contribution in [-0.2, 0) is 27.8 Å². The number of ether oxygens (including phenoxy) is 1. The monoisotopic (exact) mass is 322 g/mol. The van der Waals surface area contributed by atoms with Crippen LogP contribution < -0.4 is 16.6 Å². The van der Waals surface area contributed by atoms with E-state index < -0.39 is 17.2 Å². The predicted octanol–water partition coefficient (Wildman–Crippen LogP) is -2.41. The van der Waals surface area contributed by atoms with Crippen molar-refractivity contribution in [1.82, 2.24) is 19.8 Å². The van der Waals surface area contributed by atoms with Gasteiger partial charge in [0, 0.05) is 31.9 Å². The van der Waals surface area contributed by atoms with Crippen molar-refractivity contribution in [3.8, 4) is 0 Å². The molecule has 2 bridgehead atoms. The van der Waals surface area contributed by atoms with E-state index >= 15 is 0 Å². The van der Waals surface area contributed by atoms with E-state index in [1.54, 1.807) is 4.90 Å². The van der Waals surface area contributed by atoms with Crippen LogP contribution in [0.15, 0.2) is 15.8 Å². The number of nitrogens with zero attached hydrogens (tertiary/aromatic N) is 2. The highest BCUT2D eigenvalue weighted by molar-refractivity contribution is 5.83. The zero-order valence-corrected chi connectivity index (χ0v) is 12.7. The second-order valence-electron chi connectivity index (χ2n) is 5.90. The highest BCUT2D eigenvalue weighted by Crippen LogP contribution is 2.14. The number of fused-ring (bicyclic) bond motifs is 3. The molecule has 0 aliphatic carbocycles. The summed E-state index contributed by atoms with van der Waals surface area (Å²) in [7, 11) is 1.35. The minimum Gasteiger partial charge on any atom is -0.378 e. The van der Waals surface area contributed by atoms with Gasteiger partial charge in [0.2, 0.25) is 11.8 Å². The molecule has 2 fully saturated rings. The quantitative estimate of drug-likeness (QED) is 0.629. The Morgan fingerprint density at radius 3 is 2.87 bits per heavy atom. The molecule has 3 heterocycles. The van der Waals surface area contributed by atoms with Gasteiger partial charge in [-0.05, 0) is 0 Å². The number of carbonyl (C=O) groups is 2. The minimum atomic E-state index is -0.526. The minimum absolute atomic E-state index is 0.109. The highest BCUT2D eigenvalue weighted by atomic mass is 16.5. The summed E-state index contributed by atoms with van der Waals surface area (Å²) in [4.78, 5) is 51.8. The number of carbonyl (C=O) groups excluding carboxylic acids is 2. The molecule has 9 nitrogen and oxygen atoms in total. The van der Waals surface area contributed by atoms with Crippen molar-refractivity contribution in [1.29, 1.82) is 0 Å². The van der Waals surface area contributed by atoms with Crippen LogP contribution in [0.5, 0.6) is 0 Å². The maximum absolute atomic E-state index is 12.5. The van der Waals surface area contributed by atoms with Crippen LogP contribution in [0.2, 0.25) is 0 Å². The van der Waals surface area contributed by atoms with Crippen LogP contribution in [0.25, 0.3) is 0 Å². The van der Waals surface area contributed by atoms with Gasteiger partial charge < -0.3 is 19.9 Å². The van der Waals surface area contributed by atoms with Gasteiger partial charge in [-0.15, -0.1) is 0 Å². The van der Waals surface area contributed by atoms with Crippen molar-refractivity contribution in [3.63, 3.8) is 0 Å². The molecular weight excluding hydrogens is 304 g/mol. The molecule has 0 unspecified atom stereocenters. The fourth-order valence-electron chi connectivity index (χ4n) is 2.85. The number of H-pyrrole nitrogens is 1. The maximum atomic E-state index is 12.5. The molecule has 2 aliphatic heterocycles. The van der Waals surface area contributed by atoms with E-state index in [2.05, 4.69) is 10.3 Å². The summed E-state index contributed by atoms with van der Waals surface area (Å²) in [5, 5.41) is 2.85. The molecule has 0 radical (unpaired) electrons. The second kappa shape index (κ2) is 5.99. The number of hydrogen-bond donors (Lipinski definition) is 2. The average molecular weight is 322 g/mol. The largest absolute Gasteiger partial charge is 0.378 e. The molecule has 23 heavy (non-hydrogen) atoms. The lowest BCUT2D eigenvalue weighted by Crippen LogP contribution is -2.45. The number of amides is 2. The van der Waals surface area contributed by atoms with Crippen molar-refractivity contribution < 1.29 is 14.3 Å². The van der Waals surface area contributed by atoms with Gasteiger partial charge in [0.1, 0.15) is 0 Å². The van der Waals surface area contributed by atoms with Gasteiger partial charge in [-0.2, -0.15) is 0 Å². The number of rotatable bonds is 2. The summed E-state index contributed by atoms with van der Waals surface area (Å²) in [5.41, 5.74) is -0.792. The lowest BCUT2D eigenvalue weighted by atomic mass is 10.1. The molecule has 2 amide bonds. The second-order valence-corrected chi connectivity index (χ2v) is 5.90. The van der Waals surface area contributed by atoms with Crippen LogP contribution >= 0.6 is 0 Å². The van der Waals surface area contributed by atoms with E-state index in [0.29, 0.717) is 13.2 Å². The Hall–Kier alpha value is -2.42. The Kier molecular flexibility index (Phi) is 4.03. The van der Waals surface area contributed by atoms with E-state index in [1.807, 2.05) is 0 Å². The van der Waals surface area contributed by atoms with Crippen LogP contribution in [0.4, 0.5) is 0 Å². The van der Waals surface area contributed by atoms with Crippen molar-refractivity contribution in [3.05, 3.63) is 32.6 Å². The average Bonchev–Trinajstić information content (AvgIpc) is 2.76. The molecule has 2 N–H and O–H groups in total. The molecule has 0 saturated carbocycles. The van der Waals surface area contributed by atoms with Gasteiger partial charge in [-0.3, -0.25) is 19.0 Å². The third kappa shape index (κ3) is 3.04. The van der Waals surface area contributed by atoms with Gasteiger partial charge in [0.25, 0.3) is 5.56 Å². The zero-order valence-electron chi connectivity index (χ0n) is 12.7. The molecule has 2 saturated heterocycles.